The van der Waals surface area contributed by atoms with Crippen LogP contribution in [-0.2, 0) is 0 Å². The third kappa shape index (κ3) is 5.03. The van der Waals surface area contributed by atoms with Crippen molar-refractivity contribution in [2.75, 3.05) is 40.3 Å². The molecule has 1 aliphatic heterocycles. The van der Waals surface area contributed by atoms with E-state index < -0.39 is 0 Å². The Morgan fingerprint density at radius 2 is 1.79 bits per heavy atom. The first kappa shape index (κ1) is 16.9. The monoisotopic (exact) mass is 271 g/mol. The fraction of sp³-hybridized carbons (Fsp3) is 1.00. The van der Waals surface area contributed by atoms with E-state index in [1.807, 2.05) is 7.05 Å². The average molecular weight is 271 g/mol. The number of hydrogen-bond acceptors (Lipinski definition) is 4. The summed E-state index contributed by atoms with van der Waals surface area (Å²) in [6, 6.07) is 1.31. The van der Waals surface area contributed by atoms with Crippen molar-refractivity contribution in [1.29, 1.82) is 0 Å². The molecule has 0 radical (unpaired) electrons. The molecule has 0 aromatic carbocycles. The molecular weight excluding hydrogens is 238 g/mol. The number of likely N-dealkylation sites (N-methyl/N-ethyl adjacent to an activating group) is 2. The summed E-state index contributed by atoms with van der Waals surface area (Å²) in [7, 11) is 4.16. The second-order valence-corrected chi connectivity index (χ2v) is 6.55. The van der Waals surface area contributed by atoms with Gasteiger partial charge in [0.1, 0.15) is 0 Å². The van der Waals surface area contributed by atoms with Gasteiger partial charge in [0.15, 0.2) is 0 Å². The van der Waals surface area contributed by atoms with Crippen LogP contribution in [0.5, 0.6) is 0 Å². The predicted octanol–water partition coefficient (Wildman–Crippen LogP) is 1.15. The van der Waals surface area contributed by atoms with Crippen LogP contribution in [0.4, 0.5) is 0 Å². The lowest BCUT2D eigenvalue weighted by Gasteiger charge is -2.42. The van der Waals surface area contributed by atoms with Gasteiger partial charge < -0.3 is 15.3 Å². The number of unbranched alkanes of at least 4 members (excludes halogenated alkanes) is 1. The molecule has 114 valence electrons. The summed E-state index contributed by atoms with van der Waals surface area (Å²) >= 11 is 0. The first-order valence-electron chi connectivity index (χ1n) is 7.66. The van der Waals surface area contributed by atoms with Gasteiger partial charge in [-0.15, -0.1) is 0 Å². The molecule has 0 amide bonds. The molecule has 1 fully saturated rings. The lowest BCUT2D eigenvalue weighted by Crippen LogP contribution is -2.55. The summed E-state index contributed by atoms with van der Waals surface area (Å²) < 4.78 is 0. The molecule has 4 nitrogen and oxygen atoms in total. The third-order valence-electron chi connectivity index (χ3n) is 4.84. The summed E-state index contributed by atoms with van der Waals surface area (Å²) in [5.41, 5.74) is -0.108. The van der Waals surface area contributed by atoms with E-state index in [0.717, 1.165) is 6.42 Å². The Hall–Kier alpha value is -0.160. The highest BCUT2D eigenvalue weighted by atomic mass is 16.3. The lowest BCUT2D eigenvalue weighted by molar-refractivity contribution is 0.0584. The molecule has 4 heteroatoms. The Labute approximate surface area is 119 Å². The summed E-state index contributed by atoms with van der Waals surface area (Å²) in [5.74, 6) is 0. The molecule has 19 heavy (non-hydrogen) atoms. The highest BCUT2D eigenvalue weighted by Crippen LogP contribution is 2.16. The Bertz CT molecular complexity index is 244. The van der Waals surface area contributed by atoms with Crippen LogP contribution in [0, 0.1) is 0 Å². The highest BCUT2D eigenvalue weighted by Gasteiger charge is 2.26. The van der Waals surface area contributed by atoms with Crippen LogP contribution in [0.2, 0.25) is 0 Å². The molecule has 0 bridgehead atoms. The number of nitrogens with one attached hydrogen (secondary N) is 1. The minimum atomic E-state index is -0.108. The van der Waals surface area contributed by atoms with E-state index in [9.17, 15) is 5.11 Å². The molecule has 3 unspecified atom stereocenters. The van der Waals surface area contributed by atoms with Crippen molar-refractivity contribution in [2.24, 2.45) is 0 Å². The zero-order valence-corrected chi connectivity index (χ0v) is 13.4. The van der Waals surface area contributed by atoms with Crippen LogP contribution < -0.4 is 5.32 Å². The van der Waals surface area contributed by atoms with Crippen molar-refractivity contribution in [3.05, 3.63) is 0 Å². The molecule has 0 saturated carbocycles. The fourth-order valence-corrected chi connectivity index (χ4v) is 2.83. The Morgan fingerprint density at radius 1 is 1.21 bits per heavy atom. The Morgan fingerprint density at radius 3 is 2.26 bits per heavy atom. The Kier molecular flexibility index (Phi) is 6.74. The van der Waals surface area contributed by atoms with Gasteiger partial charge in [-0.1, -0.05) is 6.42 Å². The molecule has 1 aliphatic rings. The number of rotatable bonds is 7. The van der Waals surface area contributed by atoms with Gasteiger partial charge in [-0.3, -0.25) is 4.90 Å². The summed E-state index contributed by atoms with van der Waals surface area (Å²) in [6.45, 7) is 10.5. The van der Waals surface area contributed by atoms with Gasteiger partial charge in [-0.2, -0.15) is 0 Å². The number of piperazine rings is 1. The molecule has 0 aliphatic carbocycles. The zero-order valence-electron chi connectivity index (χ0n) is 13.4. The van der Waals surface area contributed by atoms with Crippen molar-refractivity contribution in [1.82, 2.24) is 15.1 Å². The molecule has 0 aromatic heterocycles. The van der Waals surface area contributed by atoms with Gasteiger partial charge in [0.2, 0.25) is 0 Å². The van der Waals surface area contributed by atoms with Crippen molar-refractivity contribution in [2.45, 2.75) is 57.7 Å². The average Bonchev–Trinajstić information content (AvgIpc) is 2.40. The topological polar surface area (TPSA) is 38.7 Å². The van der Waals surface area contributed by atoms with Gasteiger partial charge >= 0.3 is 0 Å². The van der Waals surface area contributed by atoms with Gasteiger partial charge in [0.05, 0.1) is 6.61 Å². The van der Waals surface area contributed by atoms with Crippen LogP contribution in [-0.4, -0.2) is 72.9 Å². The number of nitrogens with zero attached hydrogens (tertiary/aromatic N) is 2. The largest absolute Gasteiger partial charge is 0.394 e. The molecule has 0 aromatic rings. The zero-order chi connectivity index (χ0) is 14.5. The smallest absolute Gasteiger partial charge is 0.0610 e. The maximum Gasteiger partial charge on any atom is 0.0610 e. The van der Waals surface area contributed by atoms with E-state index in [1.165, 1.54) is 32.5 Å². The van der Waals surface area contributed by atoms with Crippen LogP contribution in [0.3, 0.4) is 0 Å². The SMILES string of the molecule is CNC(C)(CO)CCCCN1CC(C)N(C)C(C)C1. The molecule has 1 heterocycles. The predicted molar refractivity (Wildman–Crippen MR) is 81.5 cm³/mol. The van der Waals surface area contributed by atoms with Gasteiger partial charge in [-0.05, 0) is 54.3 Å². The minimum absolute atomic E-state index is 0.108. The van der Waals surface area contributed by atoms with Crippen molar-refractivity contribution < 1.29 is 5.11 Å². The molecule has 2 N–H and O–H groups in total. The van der Waals surface area contributed by atoms with E-state index in [0.29, 0.717) is 12.1 Å². The third-order valence-corrected chi connectivity index (χ3v) is 4.84. The minimum Gasteiger partial charge on any atom is -0.394 e. The number of hydrogen-bond donors (Lipinski definition) is 2. The van der Waals surface area contributed by atoms with E-state index in [4.69, 9.17) is 0 Å². The molecular formula is C15H33N3O. The molecule has 1 rings (SSSR count). The normalized spacial score (nSPS) is 29.4. The van der Waals surface area contributed by atoms with Gasteiger partial charge in [-0.25, -0.2) is 0 Å². The van der Waals surface area contributed by atoms with Crippen LogP contribution in [0.15, 0.2) is 0 Å². The maximum atomic E-state index is 9.35. The second kappa shape index (κ2) is 7.58. The summed E-state index contributed by atoms with van der Waals surface area (Å²) in [5, 5.41) is 12.6. The van der Waals surface area contributed by atoms with Gasteiger partial charge in [0, 0.05) is 30.7 Å². The molecule has 1 saturated heterocycles. The van der Waals surface area contributed by atoms with Crippen LogP contribution in [0.1, 0.15) is 40.0 Å². The second-order valence-electron chi connectivity index (χ2n) is 6.55. The van der Waals surface area contributed by atoms with Crippen molar-refractivity contribution in [3.8, 4) is 0 Å². The number of aliphatic hydroxyl groups is 1. The van der Waals surface area contributed by atoms with Gasteiger partial charge in [0.25, 0.3) is 0 Å². The first-order valence-corrected chi connectivity index (χ1v) is 7.66. The van der Waals surface area contributed by atoms with Crippen molar-refractivity contribution in [3.63, 3.8) is 0 Å². The van der Waals surface area contributed by atoms with E-state index in [-0.39, 0.29) is 12.1 Å². The first-order chi connectivity index (χ1) is 8.91. The fourth-order valence-electron chi connectivity index (χ4n) is 2.83. The standard InChI is InChI=1S/C15H33N3O/c1-13-10-18(11-14(2)17(13)5)9-7-6-8-15(3,12-19)16-4/h13-14,16,19H,6-12H2,1-5H3. The highest BCUT2D eigenvalue weighted by molar-refractivity contribution is 4.83. The lowest BCUT2D eigenvalue weighted by atomic mass is 9.96. The Balaban J connectivity index is 2.23. The van der Waals surface area contributed by atoms with E-state index >= 15 is 0 Å². The number of aliphatic hydroxyl groups excluding tert-OH is 1. The molecule has 0 spiro atoms. The van der Waals surface area contributed by atoms with Crippen molar-refractivity contribution >= 4 is 0 Å². The van der Waals surface area contributed by atoms with Crippen LogP contribution >= 0.6 is 0 Å². The van der Waals surface area contributed by atoms with Crippen LogP contribution in [0.25, 0.3) is 0 Å². The van der Waals surface area contributed by atoms with E-state index in [2.05, 4.69) is 42.9 Å². The maximum absolute atomic E-state index is 9.35. The quantitative estimate of drug-likeness (QED) is 0.682. The summed E-state index contributed by atoms with van der Waals surface area (Å²) in [6.07, 6.45) is 3.44. The van der Waals surface area contributed by atoms with E-state index in [1.54, 1.807) is 0 Å². The molecule has 3 atom stereocenters. The summed E-state index contributed by atoms with van der Waals surface area (Å²) in [4.78, 5) is 5.06.